The maximum absolute atomic E-state index is 6.26. The molecular weight excluding hydrogens is 286 g/mol. The molecule has 0 aliphatic heterocycles. The van der Waals surface area contributed by atoms with Gasteiger partial charge in [0.1, 0.15) is 5.69 Å². The van der Waals surface area contributed by atoms with Gasteiger partial charge in [0.25, 0.3) is 0 Å². The maximum Gasteiger partial charge on any atom is 0.237 e. The SMILES string of the molecule is CCCNC(c1cccc(Cl)c1C)c1nccnc1OC. The quantitative estimate of drug-likeness (QED) is 0.887. The van der Waals surface area contributed by atoms with Crippen molar-refractivity contribution in [1.82, 2.24) is 15.3 Å². The predicted molar refractivity (Wildman–Crippen MR) is 84.9 cm³/mol. The fourth-order valence-corrected chi connectivity index (χ4v) is 2.45. The summed E-state index contributed by atoms with van der Waals surface area (Å²) in [5.74, 6) is 0.533. The molecule has 1 aromatic heterocycles. The average Bonchev–Trinajstić information content (AvgIpc) is 2.52. The highest BCUT2D eigenvalue weighted by Gasteiger charge is 2.22. The van der Waals surface area contributed by atoms with E-state index in [-0.39, 0.29) is 6.04 Å². The van der Waals surface area contributed by atoms with Crippen LogP contribution in [0.15, 0.2) is 30.6 Å². The van der Waals surface area contributed by atoms with Gasteiger partial charge in [0.2, 0.25) is 5.88 Å². The number of nitrogens with one attached hydrogen (secondary N) is 1. The van der Waals surface area contributed by atoms with E-state index in [1.807, 2.05) is 19.1 Å². The van der Waals surface area contributed by atoms with Gasteiger partial charge in [-0.05, 0) is 37.1 Å². The van der Waals surface area contributed by atoms with Gasteiger partial charge in [0.05, 0.1) is 13.2 Å². The zero-order chi connectivity index (χ0) is 15.2. The van der Waals surface area contributed by atoms with Crippen LogP contribution in [-0.4, -0.2) is 23.6 Å². The van der Waals surface area contributed by atoms with Crippen LogP contribution in [0, 0.1) is 6.92 Å². The molecule has 5 heteroatoms. The molecule has 1 N–H and O–H groups in total. The highest BCUT2D eigenvalue weighted by Crippen LogP contribution is 2.31. The van der Waals surface area contributed by atoms with Crippen LogP contribution in [0.3, 0.4) is 0 Å². The lowest BCUT2D eigenvalue weighted by atomic mass is 9.98. The molecule has 0 saturated carbocycles. The van der Waals surface area contributed by atoms with Crippen LogP contribution in [0.5, 0.6) is 5.88 Å². The molecule has 1 atom stereocenters. The Hall–Kier alpha value is -1.65. The minimum atomic E-state index is -0.0905. The molecular formula is C16H20ClN3O. The fraction of sp³-hybridized carbons (Fsp3) is 0.375. The first-order valence-corrected chi connectivity index (χ1v) is 7.40. The van der Waals surface area contributed by atoms with Crippen molar-refractivity contribution in [2.24, 2.45) is 0 Å². The highest BCUT2D eigenvalue weighted by atomic mass is 35.5. The van der Waals surface area contributed by atoms with E-state index in [0.29, 0.717) is 5.88 Å². The van der Waals surface area contributed by atoms with Crippen LogP contribution < -0.4 is 10.1 Å². The van der Waals surface area contributed by atoms with Crippen LogP contribution in [-0.2, 0) is 0 Å². The van der Waals surface area contributed by atoms with Gasteiger partial charge in [-0.3, -0.25) is 4.98 Å². The van der Waals surface area contributed by atoms with Gasteiger partial charge in [-0.15, -0.1) is 0 Å². The molecule has 0 saturated heterocycles. The van der Waals surface area contributed by atoms with E-state index < -0.39 is 0 Å². The van der Waals surface area contributed by atoms with Gasteiger partial charge >= 0.3 is 0 Å². The number of rotatable bonds is 6. The standard InChI is InChI=1S/C16H20ClN3O/c1-4-8-18-14(12-6-5-7-13(17)11(12)2)15-16(21-3)20-10-9-19-15/h5-7,9-10,14,18H,4,8H2,1-3H3. The molecule has 4 nitrogen and oxygen atoms in total. The molecule has 0 spiro atoms. The summed E-state index contributed by atoms with van der Waals surface area (Å²) in [6.45, 7) is 5.01. The molecule has 21 heavy (non-hydrogen) atoms. The monoisotopic (exact) mass is 305 g/mol. The van der Waals surface area contributed by atoms with Crippen LogP contribution >= 0.6 is 11.6 Å². The minimum absolute atomic E-state index is 0.0905. The number of halogens is 1. The summed E-state index contributed by atoms with van der Waals surface area (Å²) in [4.78, 5) is 8.70. The summed E-state index contributed by atoms with van der Waals surface area (Å²) in [5.41, 5.74) is 2.91. The first-order chi connectivity index (χ1) is 10.2. The third-order valence-corrected chi connectivity index (χ3v) is 3.79. The van der Waals surface area contributed by atoms with E-state index in [9.17, 15) is 0 Å². The van der Waals surface area contributed by atoms with Gasteiger partial charge < -0.3 is 10.1 Å². The second-order valence-electron chi connectivity index (χ2n) is 4.79. The average molecular weight is 306 g/mol. The van der Waals surface area contributed by atoms with Crippen LogP contribution in [0.25, 0.3) is 0 Å². The number of aromatic nitrogens is 2. The predicted octanol–water partition coefficient (Wildman–Crippen LogP) is 3.54. The largest absolute Gasteiger partial charge is 0.480 e. The molecule has 1 heterocycles. The molecule has 0 aliphatic rings. The third kappa shape index (κ3) is 3.52. The van der Waals surface area contributed by atoms with Gasteiger partial charge in [0, 0.05) is 17.4 Å². The number of ether oxygens (including phenoxy) is 1. The van der Waals surface area contributed by atoms with Gasteiger partial charge in [-0.2, -0.15) is 0 Å². The summed E-state index contributed by atoms with van der Waals surface area (Å²) in [7, 11) is 1.61. The maximum atomic E-state index is 6.26. The molecule has 0 fully saturated rings. The Morgan fingerprint density at radius 1 is 1.29 bits per heavy atom. The van der Waals surface area contributed by atoms with Gasteiger partial charge in [-0.1, -0.05) is 30.7 Å². The Morgan fingerprint density at radius 2 is 2.05 bits per heavy atom. The second kappa shape index (κ2) is 7.38. The first kappa shape index (κ1) is 15.7. The van der Waals surface area contributed by atoms with E-state index in [4.69, 9.17) is 16.3 Å². The van der Waals surface area contributed by atoms with Crippen molar-refractivity contribution < 1.29 is 4.74 Å². The Kier molecular flexibility index (Phi) is 5.53. The Labute approximate surface area is 130 Å². The molecule has 0 bridgehead atoms. The van der Waals surface area contributed by atoms with Crippen molar-refractivity contribution in [3.05, 3.63) is 52.4 Å². The molecule has 0 amide bonds. The Bertz CT molecular complexity index is 604. The van der Waals surface area contributed by atoms with Crippen molar-refractivity contribution in [3.63, 3.8) is 0 Å². The molecule has 112 valence electrons. The molecule has 0 aliphatic carbocycles. The molecule has 2 rings (SSSR count). The molecule has 1 aromatic carbocycles. The Morgan fingerprint density at radius 3 is 2.76 bits per heavy atom. The highest BCUT2D eigenvalue weighted by molar-refractivity contribution is 6.31. The van der Waals surface area contributed by atoms with Crippen LogP contribution in [0.1, 0.15) is 36.2 Å². The normalized spacial score (nSPS) is 12.2. The molecule has 1 unspecified atom stereocenters. The van der Waals surface area contributed by atoms with Crippen molar-refractivity contribution in [3.8, 4) is 5.88 Å². The zero-order valence-corrected chi connectivity index (χ0v) is 13.3. The number of benzene rings is 1. The van der Waals surface area contributed by atoms with Crippen LogP contribution in [0.2, 0.25) is 5.02 Å². The fourth-order valence-electron chi connectivity index (χ4n) is 2.27. The number of hydrogen-bond donors (Lipinski definition) is 1. The van der Waals surface area contributed by atoms with Gasteiger partial charge in [-0.25, -0.2) is 4.98 Å². The van der Waals surface area contributed by atoms with E-state index in [1.165, 1.54) is 0 Å². The van der Waals surface area contributed by atoms with Crippen molar-refractivity contribution in [2.45, 2.75) is 26.3 Å². The molecule has 0 radical (unpaired) electrons. The van der Waals surface area contributed by atoms with Crippen molar-refractivity contribution in [1.29, 1.82) is 0 Å². The minimum Gasteiger partial charge on any atom is -0.480 e. The van der Waals surface area contributed by atoms with E-state index >= 15 is 0 Å². The zero-order valence-electron chi connectivity index (χ0n) is 12.6. The third-order valence-electron chi connectivity index (χ3n) is 3.38. The number of hydrogen-bond acceptors (Lipinski definition) is 4. The topological polar surface area (TPSA) is 47.0 Å². The number of nitrogens with zero attached hydrogens (tertiary/aromatic N) is 2. The van der Waals surface area contributed by atoms with E-state index in [2.05, 4.69) is 28.3 Å². The van der Waals surface area contributed by atoms with Crippen molar-refractivity contribution in [2.75, 3.05) is 13.7 Å². The van der Waals surface area contributed by atoms with E-state index in [1.54, 1.807) is 19.5 Å². The van der Waals surface area contributed by atoms with E-state index in [0.717, 1.165) is 34.8 Å². The second-order valence-corrected chi connectivity index (χ2v) is 5.20. The smallest absolute Gasteiger partial charge is 0.237 e. The number of methoxy groups -OCH3 is 1. The van der Waals surface area contributed by atoms with Crippen molar-refractivity contribution >= 4 is 11.6 Å². The summed E-state index contributed by atoms with van der Waals surface area (Å²) < 4.78 is 5.35. The van der Waals surface area contributed by atoms with Crippen LogP contribution in [0.4, 0.5) is 0 Å². The first-order valence-electron chi connectivity index (χ1n) is 7.02. The summed E-state index contributed by atoms with van der Waals surface area (Å²) in [5, 5.41) is 4.25. The van der Waals surface area contributed by atoms with Gasteiger partial charge in [0.15, 0.2) is 0 Å². The lowest BCUT2D eigenvalue weighted by Crippen LogP contribution is -2.25. The summed E-state index contributed by atoms with van der Waals surface area (Å²) in [6, 6.07) is 5.81. The summed E-state index contributed by atoms with van der Waals surface area (Å²) >= 11 is 6.26. The molecule has 2 aromatic rings. The summed E-state index contributed by atoms with van der Waals surface area (Å²) in [6.07, 6.45) is 4.33. The lowest BCUT2D eigenvalue weighted by molar-refractivity contribution is 0.382. The lowest BCUT2D eigenvalue weighted by Gasteiger charge is -2.22. The Balaban J connectivity index is 2.50.